The monoisotopic (exact) mass is 359 g/mol. The molecule has 1 aromatic rings. The Balaban J connectivity index is 2.22. The molecule has 0 aliphatic carbocycles. The van der Waals surface area contributed by atoms with Gasteiger partial charge in [-0.25, -0.2) is 4.79 Å². The van der Waals surface area contributed by atoms with Crippen molar-refractivity contribution in [1.82, 2.24) is 4.90 Å². The molecule has 1 amide bonds. The van der Waals surface area contributed by atoms with Crippen LogP contribution in [0.15, 0.2) is 21.7 Å². The van der Waals surface area contributed by atoms with Gasteiger partial charge in [-0.2, -0.15) is 23.1 Å². The van der Waals surface area contributed by atoms with Crippen LogP contribution in [0.1, 0.15) is 12.0 Å². The molecule has 2 heterocycles. The summed E-state index contributed by atoms with van der Waals surface area (Å²) in [4.78, 5) is 25.6. The number of thiocarbonyl (C=S) groups is 1. The summed E-state index contributed by atoms with van der Waals surface area (Å²) < 4.78 is 0.315. The number of hydrogen-bond acceptors (Lipinski definition) is 6. The van der Waals surface area contributed by atoms with Gasteiger partial charge in [-0.1, -0.05) is 24.0 Å². The molecule has 2 rings (SSSR count). The number of hydrogen-bond donors (Lipinski definition) is 1. The van der Waals surface area contributed by atoms with E-state index in [0.717, 1.165) is 17.3 Å². The van der Waals surface area contributed by atoms with Crippen LogP contribution in [0.5, 0.6) is 0 Å². The van der Waals surface area contributed by atoms with Gasteiger partial charge in [0.1, 0.15) is 10.4 Å². The molecule has 0 spiro atoms. The molecule has 21 heavy (non-hydrogen) atoms. The molecule has 1 N–H and O–H groups in total. The van der Waals surface area contributed by atoms with Crippen molar-refractivity contribution in [3.8, 4) is 0 Å². The van der Waals surface area contributed by atoms with Crippen LogP contribution in [-0.4, -0.2) is 44.3 Å². The smallest absolute Gasteiger partial charge is 0.326 e. The average molecular weight is 360 g/mol. The van der Waals surface area contributed by atoms with E-state index in [0.29, 0.717) is 21.4 Å². The summed E-state index contributed by atoms with van der Waals surface area (Å²) in [7, 11) is 0. The molecule has 4 nitrogen and oxygen atoms in total. The zero-order chi connectivity index (χ0) is 15.4. The maximum absolute atomic E-state index is 12.4. The molecule has 0 aromatic carbocycles. The quantitative estimate of drug-likeness (QED) is 0.622. The number of thiophene rings is 1. The third kappa shape index (κ3) is 3.88. The fourth-order valence-electron chi connectivity index (χ4n) is 1.85. The SMILES string of the molecule is CSCC[C@@H](C(=O)O)N1C(=O)/C(=C\c2ccsc2)SC1=S. The minimum absolute atomic E-state index is 0.315. The summed E-state index contributed by atoms with van der Waals surface area (Å²) in [6, 6.07) is 1.01. The fourth-order valence-corrected chi connectivity index (χ4v) is 4.28. The van der Waals surface area contributed by atoms with E-state index in [2.05, 4.69) is 0 Å². The van der Waals surface area contributed by atoms with Crippen LogP contribution in [0, 0.1) is 0 Å². The predicted octanol–water partition coefficient (Wildman–Crippen LogP) is 3.16. The Labute approximate surface area is 140 Å². The minimum Gasteiger partial charge on any atom is -0.480 e. The summed E-state index contributed by atoms with van der Waals surface area (Å²) >= 11 is 9.45. The van der Waals surface area contributed by atoms with Gasteiger partial charge in [0.15, 0.2) is 0 Å². The number of amides is 1. The number of rotatable bonds is 6. The molecule has 1 aromatic heterocycles. The zero-order valence-electron chi connectivity index (χ0n) is 11.1. The molecular formula is C13H13NO3S4. The Kier molecular flexibility index (Phi) is 5.86. The Hall–Kier alpha value is -0.830. The summed E-state index contributed by atoms with van der Waals surface area (Å²) in [6.45, 7) is 0. The lowest BCUT2D eigenvalue weighted by molar-refractivity contribution is -0.145. The topological polar surface area (TPSA) is 57.6 Å². The van der Waals surface area contributed by atoms with Crippen LogP contribution in [0.25, 0.3) is 6.08 Å². The molecule has 0 saturated carbocycles. The first-order valence-electron chi connectivity index (χ1n) is 6.05. The molecule has 1 aliphatic rings. The first-order chi connectivity index (χ1) is 10.0. The van der Waals surface area contributed by atoms with Crippen molar-refractivity contribution in [2.45, 2.75) is 12.5 Å². The first-order valence-corrected chi connectivity index (χ1v) is 9.61. The molecule has 1 fully saturated rings. The highest BCUT2D eigenvalue weighted by molar-refractivity contribution is 8.26. The Bertz CT molecular complexity index is 582. The second-order valence-electron chi connectivity index (χ2n) is 4.24. The Morgan fingerprint density at radius 2 is 2.38 bits per heavy atom. The van der Waals surface area contributed by atoms with E-state index >= 15 is 0 Å². The number of aliphatic carboxylic acids is 1. The summed E-state index contributed by atoms with van der Waals surface area (Å²) in [5, 5.41) is 13.2. The molecule has 1 aliphatic heterocycles. The van der Waals surface area contributed by atoms with Crippen molar-refractivity contribution in [1.29, 1.82) is 0 Å². The Morgan fingerprint density at radius 3 is 2.95 bits per heavy atom. The van der Waals surface area contributed by atoms with Crippen LogP contribution in [0.3, 0.4) is 0 Å². The molecule has 0 radical (unpaired) electrons. The third-order valence-corrected chi connectivity index (χ3v) is 5.53. The third-order valence-electron chi connectivity index (χ3n) is 2.86. The molecule has 112 valence electrons. The second kappa shape index (κ2) is 7.44. The summed E-state index contributed by atoms with van der Waals surface area (Å²) in [5.41, 5.74) is 0.927. The van der Waals surface area contributed by atoms with Crippen molar-refractivity contribution in [2.75, 3.05) is 12.0 Å². The normalized spacial score (nSPS) is 18.5. The van der Waals surface area contributed by atoms with E-state index in [1.807, 2.05) is 23.1 Å². The van der Waals surface area contributed by atoms with E-state index in [1.54, 1.807) is 17.8 Å². The lowest BCUT2D eigenvalue weighted by Crippen LogP contribution is -2.44. The van der Waals surface area contributed by atoms with E-state index < -0.39 is 12.0 Å². The van der Waals surface area contributed by atoms with Gasteiger partial charge in [0, 0.05) is 0 Å². The zero-order valence-corrected chi connectivity index (χ0v) is 14.4. The van der Waals surface area contributed by atoms with Crippen molar-refractivity contribution in [2.24, 2.45) is 0 Å². The molecule has 1 atom stereocenters. The highest BCUT2D eigenvalue weighted by atomic mass is 32.2. The van der Waals surface area contributed by atoms with E-state index in [4.69, 9.17) is 12.2 Å². The number of carbonyl (C=O) groups is 2. The maximum Gasteiger partial charge on any atom is 0.326 e. The van der Waals surface area contributed by atoms with Gasteiger partial charge in [0.05, 0.1) is 4.91 Å². The van der Waals surface area contributed by atoms with E-state index in [-0.39, 0.29) is 5.91 Å². The van der Waals surface area contributed by atoms with Gasteiger partial charge < -0.3 is 5.11 Å². The fraction of sp³-hybridized carbons (Fsp3) is 0.308. The van der Waals surface area contributed by atoms with Crippen LogP contribution in [0.4, 0.5) is 0 Å². The van der Waals surface area contributed by atoms with Crippen molar-refractivity contribution in [3.05, 3.63) is 27.3 Å². The largest absolute Gasteiger partial charge is 0.480 e. The predicted molar refractivity (Wildman–Crippen MR) is 93.8 cm³/mol. The molecule has 1 saturated heterocycles. The van der Waals surface area contributed by atoms with Crippen molar-refractivity contribution < 1.29 is 14.7 Å². The van der Waals surface area contributed by atoms with Crippen LogP contribution < -0.4 is 0 Å². The van der Waals surface area contributed by atoms with Gasteiger partial charge >= 0.3 is 5.97 Å². The molecule has 0 bridgehead atoms. The highest BCUT2D eigenvalue weighted by Crippen LogP contribution is 2.35. The van der Waals surface area contributed by atoms with Gasteiger partial charge in [-0.05, 0) is 46.9 Å². The Morgan fingerprint density at radius 1 is 1.62 bits per heavy atom. The van der Waals surface area contributed by atoms with Gasteiger partial charge in [-0.3, -0.25) is 9.69 Å². The minimum atomic E-state index is -1.02. The molecule has 8 heteroatoms. The number of carboxylic acids is 1. The van der Waals surface area contributed by atoms with Gasteiger partial charge in [-0.15, -0.1) is 0 Å². The first kappa shape index (κ1) is 16.5. The second-order valence-corrected chi connectivity index (χ2v) is 7.69. The number of thioether (sulfide) groups is 2. The number of carbonyl (C=O) groups excluding carboxylic acids is 1. The summed E-state index contributed by atoms with van der Waals surface area (Å²) in [6.07, 6.45) is 4.04. The lowest BCUT2D eigenvalue weighted by Gasteiger charge is -2.22. The van der Waals surface area contributed by atoms with Crippen LogP contribution in [-0.2, 0) is 9.59 Å². The maximum atomic E-state index is 12.4. The van der Waals surface area contributed by atoms with E-state index in [9.17, 15) is 14.7 Å². The van der Waals surface area contributed by atoms with E-state index in [1.165, 1.54) is 16.2 Å². The standard InChI is InChI=1S/C13H13NO3S4/c1-19-4-3-9(12(16)17)14-11(15)10(21-13(14)18)6-8-2-5-20-7-8/h2,5-7,9H,3-4H2,1H3,(H,16,17)/b10-6+/t9-/m0/s1. The highest BCUT2D eigenvalue weighted by Gasteiger charge is 2.40. The van der Waals surface area contributed by atoms with Crippen molar-refractivity contribution >= 4 is 69.4 Å². The van der Waals surface area contributed by atoms with Crippen molar-refractivity contribution in [3.63, 3.8) is 0 Å². The van der Waals surface area contributed by atoms with Crippen LogP contribution >= 0.6 is 47.1 Å². The number of nitrogens with zero attached hydrogens (tertiary/aromatic N) is 1. The summed E-state index contributed by atoms with van der Waals surface area (Å²) in [5.74, 6) is -0.667. The molecular weight excluding hydrogens is 346 g/mol. The average Bonchev–Trinajstić information content (AvgIpc) is 3.02. The van der Waals surface area contributed by atoms with Gasteiger partial charge in [0.25, 0.3) is 5.91 Å². The van der Waals surface area contributed by atoms with Crippen LogP contribution in [0.2, 0.25) is 0 Å². The molecule has 0 unspecified atom stereocenters. The lowest BCUT2D eigenvalue weighted by atomic mass is 10.2. The number of carboxylic acid groups (broad SMARTS) is 1. The van der Waals surface area contributed by atoms with Gasteiger partial charge in [0.2, 0.25) is 0 Å².